The number of carbonyl (C=O) groups excluding carboxylic acids is 2. The summed E-state index contributed by atoms with van der Waals surface area (Å²) in [5.41, 5.74) is 2.11. The molecule has 0 fully saturated rings. The highest BCUT2D eigenvalue weighted by Gasteiger charge is 2.32. The van der Waals surface area contributed by atoms with Crippen LogP contribution in [0.3, 0.4) is 0 Å². The summed E-state index contributed by atoms with van der Waals surface area (Å²) in [7, 11) is 0. The van der Waals surface area contributed by atoms with Crippen molar-refractivity contribution in [2.45, 2.75) is 20.0 Å². The summed E-state index contributed by atoms with van der Waals surface area (Å²) in [6.07, 6.45) is -4.69. The standard InChI is InChI=1S/C13H14F4N2O2/c1-12(2,11(18)21)6-19-10(20)8-5-7(13(15,16)17)3-4-9(8)14/h3-5H,6H2,1-2H3,(H2,18,21)(H,19,20). The molecule has 1 aromatic carbocycles. The molecule has 3 N–H and O–H groups in total. The third-order valence-electron chi connectivity index (χ3n) is 2.90. The van der Waals surface area contributed by atoms with E-state index in [2.05, 4.69) is 5.32 Å². The number of nitrogens with one attached hydrogen (secondary N) is 1. The Morgan fingerprint density at radius 2 is 1.81 bits per heavy atom. The van der Waals surface area contributed by atoms with E-state index in [0.717, 1.165) is 0 Å². The van der Waals surface area contributed by atoms with Crippen LogP contribution in [0, 0.1) is 11.2 Å². The minimum absolute atomic E-state index is 0.225. The lowest BCUT2D eigenvalue weighted by Crippen LogP contribution is -2.42. The highest BCUT2D eigenvalue weighted by atomic mass is 19.4. The molecule has 4 nitrogen and oxygen atoms in total. The summed E-state index contributed by atoms with van der Waals surface area (Å²) in [5, 5.41) is 2.19. The van der Waals surface area contributed by atoms with Gasteiger partial charge in [0.1, 0.15) is 5.82 Å². The maximum absolute atomic E-state index is 13.5. The molecule has 21 heavy (non-hydrogen) atoms. The number of primary amides is 1. The van der Waals surface area contributed by atoms with Crippen LogP contribution < -0.4 is 11.1 Å². The topological polar surface area (TPSA) is 72.2 Å². The first-order valence-corrected chi connectivity index (χ1v) is 5.90. The third-order valence-corrected chi connectivity index (χ3v) is 2.90. The van der Waals surface area contributed by atoms with E-state index in [-0.39, 0.29) is 6.54 Å². The van der Waals surface area contributed by atoms with Gasteiger partial charge in [0.05, 0.1) is 16.5 Å². The SMILES string of the molecule is CC(C)(CNC(=O)c1cc(C(F)(F)F)ccc1F)C(N)=O. The van der Waals surface area contributed by atoms with Crippen LogP contribution in [0.25, 0.3) is 0 Å². The van der Waals surface area contributed by atoms with Gasteiger partial charge in [0.2, 0.25) is 5.91 Å². The van der Waals surface area contributed by atoms with E-state index in [1.807, 2.05) is 0 Å². The fourth-order valence-electron chi connectivity index (χ4n) is 1.36. The Labute approximate surface area is 118 Å². The molecule has 0 aliphatic heterocycles. The highest BCUT2D eigenvalue weighted by Crippen LogP contribution is 2.30. The molecule has 0 bridgehead atoms. The van der Waals surface area contributed by atoms with Crippen LogP contribution in [0.4, 0.5) is 17.6 Å². The first kappa shape index (κ1) is 16.9. The second-order valence-corrected chi connectivity index (χ2v) is 5.12. The summed E-state index contributed by atoms with van der Waals surface area (Å²) in [6.45, 7) is 2.66. The monoisotopic (exact) mass is 306 g/mol. The van der Waals surface area contributed by atoms with Gasteiger partial charge in [-0.2, -0.15) is 13.2 Å². The van der Waals surface area contributed by atoms with E-state index in [0.29, 0.717) is 18.2 Å². The molecule has 0 radical (unpaired) electrons. The van der Waals surface area contributed by atoms with Crippen molar-refractivity contribution < 1.29 is 27.2 Å². The number of rotatable bonds is 4. The normalized spacial score (nSPS) is 12.1. The van der Waals surface area contributed by atoms with Crippen molar-refractivity contribution in [3.05, 3.63) is 35.1 Å². The Morgan fingerprint density at radius 3 is 2.29 bits per heavy atom. The Kier molecular flexibility index (Phi) is 4.60. The predicted molar refractivity (Wildman–Crippen MR) is 66.7 cm³/mol. The van der Waals surface area contributed by atoms with Gasteiger partial charge < -0.3 is 11.1 Å². The molecule has 0 saturated carbocycles. The van der Waals surface area contributed by atoms with Crippen molar-refractivity contribution in [1.29, 1.82) is 0 Å². The quantitative estimate of drug-likeness (QED) is 0.836. The minimum Gasteiger partial charge on any atom is -0.369 e. The van der Waals surface area contributed by atoms with Crippen molar-refractivity contribution in [3.63, 3.8) is 0 Å². The summed E-state index contributed by atoms with van der Waals surface area (Å²) in [5.74, 6) is -2.84. The van der Waals surface area contributed by atoms with Crippen LogP contribution in [-0.4, -0.2) is 18.4 Å². The van der Waals surface area contributed by atoms with Crippen LogP contribution in [-0.2, 0) is 11.0 Å². The Balaban J connectivity index is 2.95. The van der Waals surface area contributed by atoms with Gasteiger partial charge in [0.25, 0.3) is 5.91 Å². The summed E-state index contributed by atoms with van der Waals surface area (Å²) >= 11 is 0. The van der Waals surface area contributed by atoms with E-state index in [9.17, 15) is 27.2 Å². The summed E-state index contributed by atoms with van der Waals surface area (Å²) in [4.78, 5) is 22.8. The van der Waals surface area contributed by atoms with E-state index in [1.165, 1.54) is 13.8 Å². The van der Waals surface area contributed by atoms with Gasteiger partial charge in [0, 0.05) is 6.54 Å². The molecule has 0 aliphatic carbocycles. The maximum Gasteiger partial charge on any atom is 0.416 e. The van der Waals surface area contributed by atoms with Crippen LogP contribution in [0.2, 0.25) is 0 Å². The van der Waals surface area contributed by atoms with Gasteiger partial charge in [-0.25, -0.2) is 4.39 Å². The number of carbonyl (C=O) groups is 2. The van der Waals surface area contributed by atoms with Crippen molar-refractivity contribution in [2.75, 3.05) is 6.54 Å². The van der Waals surface area contributed by atoms with E-state index in [1.54, 1.807) is 0 Å². The molecule has 1 aromatic rings. The zero-order valence-electron chi connectivity index (χ0n) is 11.3. The van der Waals surface area contributed by atoms with Gasteiger partial charge in [-0.1, -0.05) is 0 Å². The molecule has 2 amide bonds. The molecular formula is C13H14F4N2O2. The molecule has 0 unspecified atom stereocenters. The van der Waals surface area contributed by atoms with Crippen LogP contribution in [0.15, 0.2) is 18.2 Å². The molecule has 0 atom stereocenters. The largest absolute Gasteiger partial charge is 0.416 e. The smallest absolute Gasteiger partial charge is 0.369 e. The minimum atomic E-state index is -4.69. The predicted octanol–water partition coefficient (Wildman–Crippen LogP) is 2.09. The van der Waals surface area contributed by atoms with Crippen molar-refractivity contribution in [3.8, 4) is 0 Å². The number of hydrogen-bond donors (Lipinski definition) is 2. The molecule has 0 aromatic heterocycles. The van der Waals surface area contributed by atoms with Crippen LogP contribution >= 0.6 is 0 Å². The van der Waals surface area contributed by atoms with Gasteiger partial charge in [0.15, 0.2) is 0 Å². The van der Waals surface area contributed by atoms with Gasteiger partial charge >= 0.3 is 6.18 Å². The first-order valence-electron chi connectivity index (χ1n) is 5.90. The van der Waals surface area contributed by atoms with Crippen LogP contribution in [0.5, 0.6) is 0 Å². The molecule has 1 rings (SSSR count). The first-order chi connectivity index (χ1) is 9.45. The average Bonchev–Trinajstić information content (AvgIpc) is 2.35. The second-order valence-electron chi connectivity index (χ2n) is 5.12. The van der Waals surface area contributed by atoms with Gasteiger partial charge in [-0.15, -0.1) is 0 Å². The summed E-state index contributed by atoms with van der Waals surface area (Å²) in [6, 6.07) is 1.53. The summed E-state index contributed by atoms with van der Waals surface area (Å²) < 4.78 is 51.1. The van der Waals surface area contributed by atoms with Gasteiger partial charge in [-0.05, 0) is 32.0 Å². The molecule has 0 heterocycles. The number of amides is 2. The van der Waals surface area contributed by atoms with E-state index in [4.69, 9.17) is 5.73 Å². The molecule has 116 valence electrons. The van der Waals surface area contributed by atoms with E-state index >= 15 is 0 Å². The number of nitrogens with two attached hydrogens (primary N) is 1. The number of halogens is 4. The van der Waals surface area contributed by atoms with Crippen molar-refractivity contribution in [1.82, 2.24) is 5.32 Å². The number of alkyl halides is 3. The molecule has 8 heteroatoms. The Hall–Kier alpha value is -2.12. The second kappa shape index (κ2) is 5.71. The lowest BCUT2D eigenvalue weighted by atomic mass is 9.92. The highest BCUT2D eigenvalue weighted by molar-refractivity contribution is 5.95. The van der Waals surface area contributed by atoms with Crippen LogP contribution in [0.1, 0.15) is 29.8 Å². The number of hydrogen-bond acceptors (Lipinski definition) is 2. The zero-order valence-corrected chi connectivity index (χ0v) is 11.3. The lowest BCUT2D eigenvalue weighted by Gasteiger charge is -2.21. The fraction of sp³-hybridized carbons (Fsp3) is 0.385. The van der Waals surface area contributed by atoms with Crippen molar-refractivity contribution in [2.24, 2.45) is 11.1 Å². The molecule has 0 saturated heterocycles. The third kappa shape index (κ3) is 4.17. The fourth-order valence-corrected chi connectivity index (χ4v) is 1.36. The van der Waals surface area contributed by atoms with Gasteiger partial charge in [-0.3, -0.25) is 9.59 Å². The lowest BCUT2D eigenvalue weighted by molar-refractivity contribution is -0.137. The zero-order chi connectivity index (χ0) is 16.4. The average molecular weight is 306 g/mol. The molecule has 0 spiro atoms. The molecule has 0 aliphatic rings. The Morgan fingerprint density at radius 1 is 1.24 bits per heavy atom. The Bertz CT molecular complexity index is 568. The maximum atomic E-state index is 13.5. The van der Waals surface area contributed by atoms with E-state index < -0.39 is 40.3 Å². The number of benzene rings is 1. The van der Waals surface area contributed by atoms with Crippen molar-refractivity contribution >= 4 is 11.8 Å². The molecular weight excluding hydrogens is 292 g/mol.